The van der Waals surface area contributed by atoms with E-state index < -0.39 is 0 Å². The summed E-state index contributed by atoms with van der Waals surface area (Å²) in [5.41, 5.74) is 1.15. The Morgan fingerprint density at radius 3 is 3.14 bits per heavy atom. The van der Waals surface area contributed by atoms with Gasteiger partial charge in [0.2, 0.25) is 0 Å². The molecule has 0 bridgehead atoms. The molecule has 14 heavy (non-hydrogen) atoms. The average molecular weight is 189 g/mol. The molecule has 0 aromatic carbocycles. The molecule has 0 saturated carbocycles. The summed E-state index contributed by atoms with van der Waals surface area (Å²) in [5, 5.41) is 4.20. The van der Waals surface area contributed by atoms with Crippen LogP contribution in [0.15, 0.2) is 16.7 Å². The van der Waals surface area contributed by atoms with Gasteiger partial charge in [0, 0.05) is 12.1 Å². The SMILES string of the molecule is CC(C)c1nc2c(o1)Cc1ccnn1-2. The van der Waals surface area contributed by atoms with Gasteiger partial charge >= 0.3 is 0 Å². The Balaban J connectivity index is 2.15. The molecule has 1 aliphatic rings. The topological polar surface area (TPSA) is 43.9 Å². The molecule has 0 unspecified atom stereocenters. The summed E-state index contributed by atoms with van der Waals surface area (Å²) >= 11 is 0. The highest BCUT2D eigenvalue weighted by atomic mass is 16.4. The van der Waals surface area contributed by atoms with Crippen LogP contribution in [0.3, 0.4) is 0 Å². The quantitative estimate of drug-likeness (QED) is 0.587. The van der Waals surface area contributed by atoms with Crippen molar-refractivity contribution in [2.24, 2.45) is 0 Å². The Labute approximate surface area is 81.6 Å². The lowest BCUT2D eigenvalue weighted by Crippen LogP contribution is -1.96. The van der Waals surface area contributed by atoms with Gasteiger partial charge in [-0.15, -0.1) is 0 Å². The number of nitrogens with zero attached hydrogens (tertiary/aromatic N) is 3. The van der Waals surface area contributed by atoms with Gasteiger partial charge in [0.15, 0.2) is 17.5 Å². The molecule has 4 heteroatoms. The Bertz CT molecular complexity index is 481. The van der Waals surface area contributed by atoms with Crippen molar-refractivity contribution in [3.05, 3.63) is 29.6 Å². The van der Waals surface area contributed by atoms with Crippen LogP contribution in [0.1, 0.15) is 37.1 Å². The number of rotatable bonds is 1. The Kier molecular flexibility index (Phi) is 1.37. The summed E-state index contributed by atoms with van der Waals surface area (Å²) in [6, 6.07) is 1.99. The van der Waals surface area contributed by atoms with Crippen LogP contribution in [-0.2, 0) is 6.42 Å². The maximum atomic E-state index is 5.66. The smallest absolute Gasteiger partial charge is 0.199 e. The fourth-order valence-electron chi connectivity index (χ4n) is 1.71. The monoisotopic (exact) mass is 189 g/mol. The minimum absolute atomic E-state index is 0.333. The zero-order chi connectivity index (χ0) is 9.71. The first-order chi connectivity index (χ1) is 6.75. The molecule has 0 N–H and O–H groups in total. The highest BCUT2D eigenvalue weighted by molar-refractivity contribution is 5.38. The zero-order valence-electron chi connectivity index (χ0n) is 8.19. The predicted molar refractivity (Wildman–Crippen MR) is 50.5 cm³/mol. The first-order valence-electron chi connectivity index (χ1n) is 4.78. The highest BCUT2D eigenvalue weighted by Crippen LogP contribution is 2.29. The lowest BCUT2D eigenvalue weighted by molar-refractivity contribution is 0.443. The lowest BCUT2D eigenvalue weighted by Gasteiger charge is -1.97. The van der Waals surface area contributed by atoms with Gasteiger partial charge in [-0.25, -0.2) is 4.68 Å². The number of oxazole rings is 1. The molecule has 2 aromatic heterocycles. The van der Waals surface area contributed by atoms with Gasteiger partial charge in [0.05, 0.1) is 12.1 Å². The molecule has 1 aliphatic heterocycles. The first-order valence-corrected chi connectivity index (χ1v) is 4.78. The van der Waals surface area contributed by atoms with Gasteiger partial charge in [-0.2, -0.15) is 10.1 Å². The zero-order valence-corrected chi connectivity index (χ0v) is 8.19. The van der Waals surface area contributed by atoms with E-state index in [-0.39, 0.29) is 0 Å². The van der Waals surface area contributed by atoms with Crippen LogP contribution in [-0.4, -0.2) is 14.8 Å². The van der Waals surface area contributed by atoms with Gasteiger partial charge in [-0.3, -0.25) is 0 Å². The van der Waals surface area contributed by atoms with Crippen molar-refractivity contribution in [2.75, 3.05) is 0 Å². The van der Waals surface area contributed by atoms with E-state index in [4.69, 9.17) is 4.42 Å². The fraction of sp³-hybridized carbons (Fsp3) is 0.400. The summed E-state index contributed by atoms with van der Waals surface area (Å²) in [6.07, 6.45) is 2.61. The van der Waals surface area contributed by atoms with Gasteiger partial charge in [0.25, 0.3) is 0 Å². The molecule has 0 fully saturated rings. The van der Waals surface area contributed by atoms with E-state index in [1.54, 1.807) is 6.20 Å². The van der Waals surface area contributed by atoms with Crippen LogP contribution in [0, 0.1) is 0 Å². The first kappa shape index (κ1) is 7.79. The van der Waals surface area contributed by atoms with Crippen LogP contribution in [0.25, 0.3) is 5.82 Å². The molecule has 0 saturated heterocycles. The maximum absolute atomic E-state index is 5.66. The van der Waals surface area contributed by atoms with Crippen molar-refractivity contribution in [1.29, 1.82) is 0 Å². The number of fused-ring (bicyclic) bond motifs is 3. The molecule has 0 aliphatic carbocycles. The van der Waals surface area contributed by atoms with E-state index in [0.717, 1.165) is 29.6 Å². The molecule has 3 rings (SSSR count). The molecule has 0 atom stereocenters. The van der Waals surface area contributed by atoms with Crippen LogP contribution < -0.4 is 0 Å². The molecule has 0 spiro atoms. The fourth-order valence-corrected chi connectivity index (χ4v) is 1.71. The van der Waals surface area contributed by atoms with E-state index in [1.807, 2.05) is 10.7 Å². The normalized spacial score (nSPS) is 13.4. The second-order valence-corrected chi connectivity index (χ2v) is 3.86. The van der Waals surface area contributed by atoms with E-state index in [2.05, 4.69) is 23.9 Å². The van der Waals surface area contributed by atoms with Crippen LogP contribution in [0.2, 0.25) is 0 Å². The van der Waals surface area contributed by atoms with Gasteiger partial charge in [-0.05, 0) is 6.07 Å². The standard InChI is InChI=1S/C10H11N3O/c1-6(2)10-12-9-8(14-10)5-7-3-4-11-13(7)9/h3-4,6H,5H2,1-2H3. The van der Waals surface area contributed by atoms with Crippen LogP contribution >= 0.6 is 0 Å². The van der Waals surface area contributed by atoms with Crippen molar-refractivity contribution in [2.45, 2.75) is 26.2 Å². The summed E-state index contributed by atoms with van der Waals surface area (Å²) in [7, 11) is 0. The van der Waals surface area contributed by atoms with E-state index >= 15 is 0 Å². The second-order valence-electron chi connectivity index (χ2n) is 3.86. The highest BCUT2D eigenvalue weighted by Gasteiger charge is 2.25. The van der Waals surface area contributed by atoms with Crippen molar-refractivity contribution in [1.82, 2.24) is 14.8 Å². The lowest BCUT2D eigenvalue weighted by atomic mass is 10.2. The summed E-state index contributed by atoms with van der Waals surface area (Å²) < 4.78 is 7.51. The Morgan fingerprint density at radius 2 is 2.36 bits per heavy atom. The Morgan fingerprint density at radius 1 is 1.50 bits per heavy atom. The second kappa shape index (κ2) is 2.47. The third kappa shape index (κ3) is 0.880. The molecular formula is C10H11N3O. The van der Waals surface area contributed by atoms with Gasteiger partial charge < -0.3 is 4.42 Å². The average Bonchev–Trinajstić information content (AvgIpc) is 2.70. The Hall–Kier alpha value is -1.58. The summed E-state index contributed by atoms with van der Waals surface area (Å²) in [6.45, 7) is 4.15. The largest absolute Gasteiger partial charge is 0.443 e. The van der Waals surface area contributed by atoms with Crippen molar-refractivity contribution in [3.63, 3.8) is 0 Å². The van der Waals surface area contributed by atoms with E-state index in [1.165, 1.54) is 0 Å². The molecule has 2 aromatic rings. The molecule has 0 amide bonds. The number of aromatic nitrogens is 3. The van der Waals surface area contributed by atoms with Crippen LogP contribution in [0.5, 0.6) is 0 Å². The minimum atomic E-state index is 0.333. The van der Waals surface area contributed by atoms with Crippen molar-refractivity contribution < 1.29 is 4.42 Å². The summed E-state index contributed by atoms with van der Waals surface area (Å²) in [4.78, 5) is 4.44. The predicted octanol–water partition coefficient (Wildman–Crippen LogP) is 1.89. The maximum Gasteiger partial charge on any atom is 0.199 e. The number of hydrogen-bond acceptors (Lipinski definition) is 3. The summed E-state index contributed by atoms with van der Waals surface area (Å²) in [5.74, 6) is 2.95. The third-order valence-corrected chi connectivity index (χ3v) is 2.45. The van der Waals surface area contributed by atoms with Gasteiger partial charge in [-0.1, -0.05) is 13.8 Å². The third-order valence-electron chi connectivity index (χ3n) is 2.45. The molecule has 4 nitrogen and oxygen atoms in total. The van der Waals surface area contributed by atoms with Gasteiger partial charge in [0.1, 0.15) is 0 Å². The van der Waals surface area contributed by atoms with Crippen LogP contribution in [0.4, 0.5) is 0 Å². The van der Waals surface area contributed by atoms with E-state index in [0.29, 0.717) is 5.92 Å². The van der Waals surface area contributed by atoms with Crippen molar-refractivity contribution >= 4 is 0 Å². The minimum Gasteiger partial charge on any atom is -0.443 e. The molecule has 3 heterocycles. The van der Waals surface area contributed by atoms with Crippen molar-refractivity contribution in [3.8, 4) is 5.82 Å². The number of hydrogen-bond donors (Lipinski definition) is 0. The van der Waals surface area contributed by atoms with E-state index in [9.17, 15) is 0 Å². The molecule has 0 radical (unpaired) electrons. The molecule has 72 valence electrons. The molecular weight excluding hydrogens is 178 g/mol.